The maximum absolute atomic E-state index is 4.30. The molecule has 0 bridgehead atoms. The van der Waals surface area contributed by atoms with E-state index in [0.717, 1.165) is 6.16 Å². The number of nitrogens with zero attached hydrogens (tertiary/aromatic N) is 2. The zero-order valence-electron chi connectivity index (χ0n) is 8.33. The molecule has 1 atom stereocenters. The minimum absolute atomic E-state index is 0.0453. The van der Waals surface area contributed by atoms with Gasteiger partial charge in [-0.2, -0.15) is 0 Å². The van der Waals surface area contributed by atoms with Gasteiger partial charge in [0, 0.05) is 12.4 Å². The molecule has 3 heteroatoms. The normalized spacial score (nSPS) is 19.5. The van der Waals surface area contributed by atoms with Crippen molar-refractivity contribution in [3.05, 3.63) is 0 Å². The zero-order valence-corrected chi connectivity index (χ0v) is 9.23. The summed E-state index contributed by atoms with van der Waals surface area (Å²) in [5, 5.41) is 0.439. The molecule has 0 spiro atoms. The van der Waals surface area contributed by atoms with E-state index >= 15 is 0 Å². The van der Waals surface area contributed by atoms with E-state index in [-0.39, 0.29) is 7.92 Å². The Morgan fingerprint density at radius 2 is 2.17 bits per heavy atom. The second-order valence-electron chi connectivity index (χ2n) is 4.13. The van der Waals surface area contributed by atoms with Crippen molar-refractivity contribution in [2.45, 2.75) is 25.9 Å². The molecule has 1 heterocycles. The van der Waals surface area contributed by atoms with Gasteiger partial charge < -0.3 is 0 Å². The van der Waals surface area contributed by atoms with Crippen LogP contribution < -0.4 is 0 Å². The van der Waals surface area contributed by atoms with Crippen LogP contribution in [0.5, 0.6) is 0 Å². The molecular weight excluding hydrogens is 167 g/mol. The van der Waals surface area contributed by atoms with Crippen LogP contribution in [0.3, 0.4) is 0 Å². The second kappa shape index (κ2) is 3.66. The van der Waals surface area contributed by atoms with Gasteiger partial charge in [-0.1, -0.05) is 28.7 Å². The maximum atomic E-state index is 4.30. The summed E-state index contributed by atoms with van der Waals surface area (Å²) in [6.45, 7) is 9.88. The molecule has 0 saturated heterocycles. The van der Waals surface area contributed by atoms with Crippen molar-refractivity contribution in [1.82, 2.24) is 0 Å². The lowest BCUT2D eigenvalue weighted by Gasteiger charge is -2.27. The molecule has 0 unspecified atom stereocenters. The van der Waals surface area contributed by atoms with Gasteiger partial charge in [-0.05, 0) is 11.8 Å². The number of hydrogen-bond donors (Lipinski definition) is 0. The Kier molecular flexibility index (Phi) is 3.00. The van der Waals surface area contributed by atoms with Gasteiger partial charge in [0.25, 0.3) is 0 Å². The topological polar surface area (TPSA) is 24.7 Å². The van der Waals surface area contributed by atoms with Crippen molar-refractivity contribution >= 4 is 19.8 Å². The SMILES string of the molecule is C[P@](CC1=NCN=C1)C(C)(C)C. The van der Waals surface area contributed by atoms with Crippen molar-refractivity contribution in [3.8, 4) is 0 Å². The molecule has 1 aliphatic heterocycles. The quantitative estimate of drug-likeness (QED) is 0.589. The minimum atomic E-state index is 0.0453. The van der Waals surface area contributed by atoms with Crippen LogP contribution in [0.1, 0.15) is 20.8 Å². The molecule has 0 aromatic rings. The maximum Gasteiger partial charge on any atom is 0.129 e. The van der Waals surface area contributed by atoms with Gasteiger partial charge in [0.2, 0.25) is 0 Å². The van der Waals surface area contributed by atoms with Crippen LogP contribution in [0.15, 0.2) is 9.98 Å². The predicted octanol–water partition coefficient (Wildman–Crippen LogP) is 2.38. The van der Waals surface area contributed by atoms with Crippen LogP contribution in [0.4, 0.5) is 0 Å². The van der Waals surface area contributed by atoms with Gasteiger partial charge in [0.1, 0.15) is 6.67 Å². The first kappa shape index (κ1) is 9.85. The Morgan fingerprint density at radius 3 is 2.58 bits per heavy atom. The molecule has 0 amide bonds. The Labute approximate surface area is 75.9 Å². The van der Waals surface area contributed by atoms with E-state index < -0.39 is 0 Å². The van der Waals surface area contributed by atoms with Crippen molar-refractivity contribution in [2.75, 3.05) is 19.5 Å². The number of rotatable bonds is 2. The van der Waals surface area contributed by atoms with E-state index in [9.17, 15) is 0 Å². The van der Waals surface area contributed by atoms with Gasteiger partial charge in [0.15, 0.2) is 0 Å². The van der Waals surface area contributed by atoms with Crippen molar-refractivity contribution in [1.29, 1.82) is 0 Å². The van der Waals surface area contributed by atoms with Crippen molar-refractivity contribution in [3.63, 3.8) is 0 Å². The third kappa shape index (κ3) is 2.67. The first-order valence-electron chi connectivity index (χ1n) is 4.24. The molecule has 12 heavy (non-hydrogen) atoms. The second-order valence-corrected chi connectivity index (χ2v) is 7.18. The summed E-state index contributed by atoms with van der Waals surface area (Å²) in [4.78, 5) is 8.38. The van der Waals surface area contributed by atoms with Crippen molar-refractivity contribution in [2.24, 2.45) is 9.98 Å². The first-order chi connectivity index (χ1) is 5.50. The highest BCUT2D eigenvalue weighted by Gasteiger charge is 2.20. The summed E-state index contributed by atoms with van der Waals surface area (Å²) in [6.07, 6.45) is 3.05. The highest BCUT2D eigenvalue weighted by Crippen LogP contribution is 2.45. The molecular formula is C9H17N2P. The van der Waals surface area contributed by atoms with Crippen LogP contribution in [0, 0.1) is 0 Å². The summed E-state index contributed by atoms with van der Waals surface area (Å²) < 4.78 is 0. The molecule has 2 nitrogen and oxygen atoms in total. The van der Waals surface area contributed by atoms with Gasteiger partial charge in [-0.25, -0.2) is 0 Å². The van der Waals surface area contributed by atoms with E-state index in [0.29, 0.717) is 11.8 Å². The minimum Gasteiger partial charge on any atom is -0.268 e. The summed E-state index contributed by atoms with van der Waals surface area (Å²) in [5.41, 5.74) is 1.19. The highest BCUT2D eigenvalue weighted by molar-refractivity contribution is 7.59. The lowest BCUT2D eigenvalue weighted by molar-refractivity contribution is 0.787. The van der Waals surface area contributed by atoms with E-state index in [2.05, 4.69) is 37.4 Å². The lowest BCUT2D eigenvalue weighted by Crippen LogP contribution is -2.16. The molecule has 0 aromatic heterocycles. The first-order valence-corrected chi connectivity index (χ1v) is 6.22. The fourth-order valence-electron chi connectivity index (χ4n) is 0.890. The molecule has 0 aliphatic carbocycles. The van der Waals surface area contributed by atoms with Gasteiger partial charge >= 0.3 is 0 Å². The van der Waals surface area contributed by atoms with E-state index in [1.807, 2.05) is 6.21 Å². The Balaban J connectivity index is 2.46. The van der Waals surface area contributed by atoms with Crippen LogP contribution in [-0.2, 0) is 0 Å². The third-order valence-electron chi connectivity index (χ3n) is 2.14. The summed E-state index contributed by atoms with van der Waals surface area (Å²) in [7, 11) is 0.0453. The molecule has 0 aromatic carbocycles. The van der Waals surface area contributed by atoms with Crippen LogP contribution in [-0.4, -0.2) is 36.6 Å². The fourth-order valence-corrected chi connectivity index (χ4v) is 2.03. The van der Waals surface area contributed by atoms with Gasteiger partial charge in [-0.15, -0.1) is 0 Å². The molecule has 0 fully saturated rings. The average Bonchev–Trinajstić information content (AvgIpc) is 2.37. The lowest BCUT2D eigenvalue weighted by atomic mass is 10.3. The number of aliphatic imine (C=N–C) groups is 2. The summed E-state index contributed by atoms with van der Waals surface area (Å²) in [5.74, 6) is 0. The number of hydrogen-bond acceptors (Lipinski definition) is 2. The fraction of sp³-hybridized carbons (Fsp3) is 0.778. The summed E-state index contributed by atoms with van der Waals surface area (Å²) in [6, 6.07) is 0. The van der Waals surface area contributed by atoms with E-state index in [4.69, 9.17) is 0 Å². The largest absolute Gasteiger partial charge is 0.268 e. The van der Waals surface area contributed by atoms with Crippen LogP contribution in [0.25, 0.3) is 0 Å². The average molecular weight is 184 g/mol. The highest BCUT2D eigenvalue weighted by atomic mass is 31.1. The Morgan fingerprint density at radius 1 is 1.50 bits per heavy atom. The van der Waals surface area contributed by atoms with Gasteiger partial charge in [-0.3, -0.25) is 9.98 Å². The smallest absolute Gasteiger partial charge is 0.129 e. The molecule has 1 aliphatic rings. The summed E-state index contributed by atoms with van der Waals surface area (Å²) >= 11 is 0. The third-order valence-corrected chi connectivity index (χ3v) is 5.23. The molecule has 0 radical (unpaired) electrons. The van der Waals surface area contributed by atoms with Gasteiger partial charge in [0.05, 0.1) is 5.71 Å². The Hall–Kier alpha value is -0.230. The van der Waals surface area contributed by atoms with Crippen LogP contribution in [0.2, 0.25) is 0 Å². The zero-order chi connectivity index (χ0) is 9.19. The molecule has 68 valence electrons. The molecule has 0 saturated carbocycles. The standard InChI is InChI=1S/C9H17N2P/c1-9(2,3)12(4)6-8-5-10-7-11-8/h5H,6-7H2,1-4H3/t12-/m1/s1. The monoisotopic (exact) mass is 184 g/mol. The van der Waals surface area contributed by atoms with E-state index in [1.165, 1.54) is 5.71 Å². The van der Waals surface area contributed by atoms with Crippen LogP contribution >= 0.6 is 7.92 Å². The molecule has 0 N–H and O–H groups in total. The molecule has 1 rings (SSSR count). The van der Waals surface area contributed by atoms with E-state index in [1.54, 1.807) is 0 Å². The van der Waals surface area contributed by atoms with Crippen molar-refractivity contribution < 1.29 is 0 Å². The predicted molar refractivity (Wildman–Crippen MR) is 58.3 cm³/mol. The Bertz CT molecular complexity index is 213.